The first-order valence-corrected chi connectivity index (χ1v) is 5.55. The average Bonchev–Trinajstić information content (AvgIpc) is 2.48. The van der Waals surface area contributed by atoms with Crippen molar-refractivity contribution in [3.8, 4) is 0 Å². The van der Waals surface area contributed by atoms with Crippen molar-refractivity contribution in [1.82, 2.24) is 0 Å². The molecule has 1 N–H and O–H groups in total. The quantitative estimate of drug-likeness (QED) is 0.777. The number of benzene rings is 1. The van der Waals surface area contributed by atoms with E-state index in [-0.39, 0.29) is 5.91 Å². The Balaban J connectivity index is 2.41. The van der Waals surface area contributed by atoms with E-state index >= 15 is 0 Å². The smallest absolute Gasteiger partial charge is 0.221 e. The SMILES string of the molecule is CC(=O)Nc1cc2c(cc1Cl)CCC2C. The molecule has 2 rings (SSSR count). The van der Waals surface area contributed by atoms with E-state index in [1.54, 1.807) is 0 Å². The van der Waals surface area contributed by atoms with Gasteiger partial charge < -0.3 is 5.32 Å². The molecule has 80 valence electrons. The third-order valence-corrected chi connectivity index (χ3v) is 3.23. The number of anilines is 1. The van der Waals surface area contributed by atoms with Crippen LogP contribution in [0.5, 0.6) is 0 Å². The van der Waals surface area contributed by atoms with Crippen LogP contribution in [0.15, 0.2) is 12.1 Å². The molecule has 1 aliphatic carbocycles. The van der Waals surface area contributed by atoms with Gasteiger partial charge in [-0.15, -0.1) is 0 Å². The van der Waals surface area contributed by atoms with Crippen LogP contribution in [0.4, 0.5) is 5.69 Å². The van der Waals surface area contributed by atoms with Crippen LogP contribution in [0, 0.1) is 0 Å². The summed E-state index contributed by atoms with van der Waals surface area (Å²) in [6.45, 7) is 3.70. The van der Waals surface area contributed by atoms with E-state index in [4.69, 9.17) is 11.6 Å². The molecular formula is C12H14ClNO. The van der Waals surface area contributed by atoms with Gasteiger partial charge in [0.1, 0.15) is 0 Å². The number of aryl methyl sites for hydroxylation is 1. The summed E-state index contributed by atoms with van der Waals surface area (Å²) in [5.74, 6) is 0.493. The van der Waals surface area contributed by atoms with Gasteiger partial charge in [-0.3, -0.25) is 4.79 Å². The largest absolute Gasteiger partial charge is 0.325 e. The van der Waals surface area contributed by atoms with Crippen LogP contribution in [0.2, 0.25) is 5.02 Å². The summed E-state index contributed by atoms with van der Waals surface area (Å²) >= 11 is 6.08. The summed E-state index contributed by atoms with van der Waals surface area (Å²) in [5.41, 5.74) is 3.38. The van der Waals surface area contributed by atoms with E-state index < -0.39 is 0 Å². The molecule has 0 saturated heterocycles. The number of carbonyl (C=O) groups excluding carboxylic acids is 1. The summed E-state index contributed by atoms with van der Waals surface area (Å²) in [6, 6.07) is 3.99. The zero-order valence-corrected chi connectivity index (χ0v) is 9.69. The van der Waals surface area contributed by atoms with Gasteiger partial charge in [-0.05, 0) is 42.0 Å². The van der Waals surface area contributed by atoms with Gasteiger partial charge in [0.2, 0.25) is 5.91 Å². The van der Waals surface area contributed by atoms with Crippen molar-refractivity contribution in [2.24, 2.45) is 0 Å². The Kier molecular flexibility index (Phi) is 2.70. The molecule has 3 heteroatoms. The molecule has 0 saturated carbocycles. The molecule has 1 aromatic rings. The minimum absolute atomic E-state index is 0.0810. The van der Waals surface area contributed by atoms with Crippen LogP contribution in [-0.4, -0.2) is 5.91 Å². The molecule has 0 aromatic heterocycles. The molecule has 1 atom stereocenters. The Hall–Kier alpha value is -1.02. The fourth-order valence-electron chi connectivity index (χ4n) is 2.12. The van der Waals surface area contributed by atoms with Crippen LogP contribution >= 0.6 is 11.6 Å². The summed E-state index contributed by atoms with van der Waals surface area (Å²) in [5, 5.41) is 3.39. The first-order valence-electron chi connectivity index (χ1n) is 5.18. The number of amides is 1. The van der Waals surface area contributed by atoms with Crippen molar-refractivity contribution in [3.63, 3.8) is 0 Å². The van der Waals surface area contributed by atoms with Gasteiger partial charge in [0.15, 0.2) is 0 Å². The van der Waals surface area contributed by atoms with Crippen molar-refractivity contribution in [1.29, 1.82) is 0 Å². The van der Waals surface area contributed by atoms with E-state index in [1.165, 1.54) is 24.5 Å². The number of halogens is 1. The molecule has 1 unspecified atom stereocenters. The zero-order chi connectivity index (χ0) is 11.0. The van der Waals surface area contributed by atoms with Crippen molar-refractivity contribution in [2.45, 2.75) is 32.6 Å². The minimum Gasteiger partial charge on any atom is -0.325 e. The maximum Gasteiger partial charge on any atom is 0.221 e. The summed E-state index contributed by atoms with van der Waals surface area (Å²) in [6.07, 6.45) is 2.27. The van der Waals surface area contributed by atoms with E-state index in [0.717, 1.165) is 12.1 Å². The average molecular weight is 224 g/mol. The highest BCUT2D eigenvalue weighted by molar-refractivity contribution is 6.33. The third kappa shape index (κ3) is 2.00. The molecule has 0 fully saturated rings. The Bertz CT molecular complexity index is 414. The van der Waals surface area contributed by atoms with Gasteiger partial charge in [-0.25, -0.2) is 0 Å². The second-order valence-corrected chi connectivity index (χ2v) is 4.56. The predicted molar refractivity (Wildman–Crippen MR) is 62.5 cm³/mol. The Morgan fingerprint density at radius 3 is 2.93 bits per heavy atom. The number of hydrogen-bond donors (Lipinski definition) is 1. The Labute approximate surface area is 94.6 Å². The van der Waals surface area contributed by atoms with E-state index in [0.29, 0.717) is 10.9 Å². The zero-order valence-electron chi connectivity index (χ0n) is 8.93. The van der Waals surface area contributed by atoms with Gasteiger partial charge in [0, 0.05) is 6.92 Å². The minimum atomic E-state index is -0.0810. The van der Waals surface area contributed by atoms with Gasteiger partial charge >= 0.3 is 0 Å². The monoisotopic (exact) mass is 223 g/mol. The fraction of sp³-hybridized carbons (Fsp3) is 0.417. The Morgan fingerprint density at radius 1 is 1.53 bits per heavy atom. The van der Waals surface area contributed by atoms with Gasteiger partial charge in [0.25, 0.3) is 0 Å². The lowest BCUT2D eigenvalue weighted by atomic mass is 10.0. The van der Waals surface area contributed by atoms with Crippen LogP contribution in [0.3, 0.4) is 0 Å². The fourth-order valence-corrected chi connectivity index (χ4v) is 2.35. The molecular weight excluding hydrogens is 210 g/mol. The first kappa shape index (κ1) is 10.5. The number of nitrogens with one attached hydrogen (secondary N) is 1. The maximum absolute atomic E-state index is 11.0. The molecule has 0 spiro atoms. The number of rotatable bonds is 1. The maximum atomic E-state index is 11.0. The lowest BCUT2D eigenvalue weighted by molar-refractivity contribution is -0.114. The summed E-state index contributed by atoms with van der Waals surface area (Å²) in [4.78, 5) is 11.0. The normalized spacial score (nSPS) is 18.7. The van der Waals surface area contributed by atoms with Gasteiger partial charge in [-0.2, -0.15) is 0 Å². The van der Waals surface area contributed by atoms with Crippen LogP contribution < -0.4 is 5.32 Å². The molecule has 15 heavy (non-hydrogen) atoms. The second-order valence-electron chi connectivity index (χ2n) is 4.15. The standard InChI is InChI=1S/C12H14ClNO/c1-7-3-4-9-5-11(13)12(6-10(7)9)14-8(2)15/h5-7H,3-4H2,1-2H3,(H,14,15). The van der Waals surface area contributed by atoms with Crippen molar-refractivity contribution in [3.05, 3.63) is 28.3 Å². The highest BCUT2D eigenvalue weighted by Gasteiger charge is 2.20. The molecule has 1 aromatic carbocycles. The first-order chi connectivity index (χ1) is 7.08. The number of fused-ring (bicyclic) bond motifs is 1. The molecule has 1 aliphatic rings. The third-order valence-electron chi connectivity index (χ3n) is 2.92. The van der Waals surface area contributed by atoms with Crippen molar-refractivity contribution < 1.29 is 4.79 Å². The highest BCUT2D eigenvalue weighted by Crippen LogP contribution is 2.37. The molecule has 0 radical (unpaired) electrons. The summed E-state index contributed by atoms with van der Waals surface area (Å²) in [7, 11) is 0. The predicted octanol–water partition coefficient (Wildman–Crippen LogP) is 3.35. The summed E-state index contributed by atoms with van der Waals surface area (Å²) < 4.78 is 0. The van der Waals surface area contributed by atoms with Gasteiger partial charge in [-0.1, -0.05) is 18.5 Å². The Morgan fingerprint density at radius 2 is 2.27 bits per heavy atom. The molecule has 1 amide bonds. The highest BCUT2D eigenvalue weighted by atomic mass is 35.5. The number of hydrogen-bond acceptors (Lipinski definition) is 1. The molecule has 0 bridgehead atoms. The molecule has 0 aliphatic heterocycles. The molecule has 2 nitrogen and oxygen atoms in total. The van der Waals surface area contributed by atoms with Gasteiger partial charge in [0.05, 0.1) is 10.7 Å². The van der Waals surface area contributed by atoms with E-state index in [9.17, 15) is 4.79 Å². The van der Waals surface area contributed by atoms with Crippen LogP contribution in [0.25, 0.3) is 0 Å². The van der Waals surface area contributed by atoms with Crippen LogP contribution in [-0.2, 0) is 11.2 Å². The van der Waals surface area contributed by atoms with Crippen molar-refractivity contribution >= 4 is 23.2 Å². The van der Waals surface area contributed by atoms with E-state index in [2.05, 4.69) is 12.2 Å². The lowest BCUT2D eigenvalue weighted by Gasteiger charge is -2.10. The number of carbonyl (C=O) groups is 1. The topological polar surface area (TPSA) is 29.1 Å². The molecule has 0 heterocycles. The van der Waals surface area contributed by atoms with Crippen molar-refractivity contribution in [2.75, 3.05) is 5.32 Å². The van der Waals surface area contributed by atoms with E-state index in [1.807, 2.05) is 12.1 Å². The second kappa shape index (κ2) is 3.86. The lowest BCUT2D eigenvalue weighted by Crippen LogP contribution is -2.07. The van der Waals surface area contributed by atoms with Crippen LogP contribution in [0.1, 0.15) is 37.3 Å².